The van der Waals surface area contributed by atoms with Crippen molar-refractivity contribution in [1.82, 2.24) is 44.2 Å². The lowest BCUT2D eigenvalue weighted by Gasteiger charge is -2.47. The van der Waals surface area contributed by atoms with Gasteiger partial charge in [-0.05, 0) is 119 Å². The number of hydrogen-bond acceptors (Lipinski definition) is 11. The summed E-state index contributed by atoms with van der Waals surface area (Å²) in [5.74, 6) is 4.51. The number of carbonyl (C=O) groups is 3. The molecular formula is C50H58F2N12O4. The molecule has 6 aliphatic rings. The van der Waals surface area contributed by atoms with Gasteiger partial charge in [0.15, 0.2) is 17.2 Å². The van der Waals surface area contributed by atoms with E-state index in [1.807, 2.05) is 49.5 Å². The molecule has 11 rings (SSSR count). The molecule has 3 amide bonds. The molecule has 8 heterocycles. The lowest BCUT2D eigenvalue weighted by molar-refractivity contribution is -0.135. The zero-order valence-electron chi connectivity index (χ0n) is 38.6. The first-order chi connectivity index (χ1) is 32.9. The fourth-order valence-electron chi connectivity index (χ4n) is 11.6. The summed E-state index contributed by atoms with van der Waals surface area (Å²) in [6, 6.07) is 12.6. The van der Waals surface area contributed by atoms with Gasteiger partial charge in [-0.2, -0.15) is 0 Å². The Labute approximate surface area is 393 Å². The molecule has 2 aromatic carbocycles. The lowest BCUT2D eigenvalue weighted by atomic mass is 9.78. The predicted octanol–water partition coefficient (Wildman–Crippen LogP) is 4.68. The van der Waals surface area contributed by atoms with Crippen LogP contribution < -0.4 is 31.4 Å². The van der Waals surface area contributed by atoms with Crippen LogP contribution in [0.15, 0.2) is 53.5 Å². The first-order valence-electron chi connectivity index (χ1n) is 24.3. The number of halogens is 2. The van der Waals surface area contributed by atoms with E-state index in [0.29, 0.717) is 73.5 Å². The molecule has 5 aromatic rings. The van der Waals surface area contributed by atoms with Crippen molar-refractivity contribution in [1.29, 1.82) is 0 Å². The maximum absolute atomic E-state index is 16.0. The van der Waals surface area contributed by atoms with E-state index < -0.39 is 23.9 Å². The number of alkyl halides is 2. The summed E-state index contributed by atoms with van der Waals surface area (Å²) in [4.78, 5) is 63.5. The zero-order valence-corrected chi connectivity index (χ0v) is 38.6. The van der Waals surface area contributed by atoms with Crippen molar-refractivity contribution in [3.8, 4) is 11.8 Å². The van der Waals surface area contributed by atoms with E-state index in [-0.39, 0.29) is 43.1 Å². The number of anilines is 4. The third kappa shape index (κ3) is 8.16. The van der Waals surface area contributed by atoms with Crippen LogP contribution in [-0.2, 0) is 23.1 Å². The number of nitrogens with one attached hydrogen (secondary N) is 3. The van der Waals surface area contributed by atoms with E-state index in [2.05, 4.69) is 47.5 Å². The number of hydrogen-bond donors (Lipinski definition) is 3. The molecule has 4 saturated heterocycles. The number of fused-ring (bicyclic) bond motifs is 3. The third-order valence-corrected chi connectivity index (χ3v) is 15.5. The smallest absolute Gasteiger partial charge is 0.329 e. The minimum Gasteiger partial charge on any atom is -0.385 e. The molecule has 3 N–H and O–H groups in total. The highest BCUT2D eigenvalue weighted by atomic mass is 19.3. The summed E-state index contributed by atoms with van der Waals surface area (Å²) >= 11 is 0. The van der Waals surface area contributed by atoms with E-state index in [4.69, 9.17) is 5.10 Å². The first kappa shape index (κ1) is 44.2. The summed E-state index contributed by atoms with van der Waals surface area (Å²) in [7, 11) is 3.54. The summed E-state index contributed by atoms with van der Waals surface area (Å²) < 4.78 is 36.7. The summed E-state index contributed by atoms with van der Waals surface area (Å²) in [6.45, 7) is 4.36. The fraction of sp³-hybridized carbons (Fsp3) is 0.520. The van der Waals surface area contributed by atoms with Gasteiger partial charge >= 0.3 is 5.69 Å². The number of amides is 3. The van der Waals surface area contributed by atoms with E-state index in [0.717, 1.165) is 91.7 Å². The second-order valence-corrected chi connectivity index (χ2v) is 19.6. The molecule has 2 atom stereocenters. The van der Waals surface area contributed by atoms with Crippen LogP contribution in [0.5, 0.6) is 0 Å². The van der Waals surface area contributed by atoms with Crippen molar-refractivity contribution >= 4 is 57.3 Å². The summed E-state index contributed by atoms with van der Waals surface area (Å²) in [5, 5.41) is 13.5. The minimum atomic E-state index is -2.84. The molecule has 356 valence electrons. The van der Waals surface area contributed by atoms with Crippen molar-refractivity contribution in [2.45, 2.75) is 88.3 Å². The Morgan fingerprint density at radius 1 is 0.897 bits per heavy atom. The Balaban J connectivity index is 0.675. The van der Waals surface area contributed by atoms with Gasteiger partial charge < -0.3 is 20.4 Å². The quantitative estimate of drug-likeness (QED) is 0.139. The molecule has 0 spiro atoms. The molecule has 5 fully saturated rings. The van der Waals surface area contributed by atoms with Crippen molar-refractivity contribution in [3.63, 3.8) is 0 Å². The van der Waals surface area contributed by atoms with Crippen LogP contribution in [0.4, 0.5) is 31.7 Å². The van der Waals surface area contributed by atoms with E-state index in [1.165, 1.54) is 4.57 Å². The van der Waals surface area contributed by atoms with Crippen LogP contribution in [0.3, 0.4) is 0 Å². The Morgan fingerprint density at radius 2 is 1.68 bits per heavy atom. The molecule has 2 unspecified atom stereocenters. The minimum absolute atomic E-state index is 0.188. The standard InChI is InChI=1S/C50H58F2N12O4/c1-53-37-28-44(57-64-42(29-54-46(37)64)48(67)55-34-8-9-34)62-26-18-36-33(5-3-7-38(36)62)6-4-20-59-21-19-43(50(51,52)30-59)61-24-16-32(17-25-61)31-14-22-60(23-15-31)35-10-11-39-41(27-35)58(2)49(68)63(39)40-12-13-45(65)56-47(40)66/h3,5,7,10-11,27-29,31-32,34,40,43,53H,8-9,12-26,30H2,1-2H3,(H,55,67)(H,56,65,66). The first-order valence-corrected chi connectivity index (χ1v) is 24.3. The van der Waals surface area contributed by atoms with E-state index in [9.17, 15) is 19.2 Å². The van der Waals surface area contributed by atoms with Crippen molar-refractivity contribution in [2.24, 2.45) is 18.9 Å². The average molecular weight is 929 g/mol. The largest absolute Gasteiger partial charge is 0.385 e. The van der Waals surface area contributed by atoms with Gasteiger partial charge in [-0.15, -0.1) is 5.10 Å². The maximum Gasteiger partial charge on any atom is 0.329 e. The molecule has 5 aliphatic heterocycles. The average Bonchev–Trinajstić information content (AvgIpc) is 3.77. The number of rotatable bonds is 9. The molecule has 3 aromatic heterocycles. The highest BCUT2D eigenvalue weighted by Gasteiger charge is 2.48. The van der Waals surface area contributed by atoms with Crippen LogP contribution >= 0.6 is 0 Å². The van der Waals surface area contributed by atoms with Crippen LogP contribution in [0.1, 0.15) is 85.4 Å². The highest BCUT2D eigenvalue weighted by Crippen LogP contribution is 2.40. The van der Waals surface area contributed by atoms with Crippen LogP contribution in [-0.4, -0.2) is 129 Å². The van der Waals surface area contributed by atoms with Gasteiger partial charge in [-0.1, -0.05) is 17.9 Å². The highest BCUT2D eigenvalue weighted by molar-refractivity contribution is 6.00. The van der Waals surface area contributed by atoms with Gasteiger partial charge in [0.05, 0.1) is 42.0 Å². The number of piperidine rings is 4. The van der Waals surface area contributed by atoms with E-state index in [1.54, 1.807) is 27.2 Å². The molecule has 16 nitrogen and oxygen atoms in total. The number of nitrogens with zero attached hydrogens (tertiary/aromatic N) is 9. The van der Waals surface area contributed by atoms with Gasteiger partial charge in [0, 0.05) is 75.7 Å². The molecule has 0 radical (unpaired) electrons. The summed E-state index contributed by atoms with van der Waals surface area (Å²) in [6.07, 6.45) is 9.10. The van der Waals surface area contributed by atoms with Gasteiger partial charge in [0.25, 0.3) is 11.8 Å². The van der Waals surface area contributed by atoms with Crippen molar-refractivity contribution in [3.05, 3.63) is 76.0 Å². The lowest BCUT2D eigenvalue weighted by Crippen LogP contribution is -2.59. The molecule has 18 heteroatoms. The fourth-order valence-corrected chi connectivity index (χ4v) is 11.6. The number of aromatic nitrogens is 5. The molecule has 1 aliphatic carbocycles. The molecule has 1 saturated carbocycles. The maximum atomic E-state index is 16.0. The number of aryl methyl sites for hydroxylation is 1. The van der Waals surface area contributed by atoms with Gasteiger partial charge in [0.2, 0.25) is 11.8 Å². The van der Waals surface area contributed by atoms with Crippen molar-refractivity contribution in [2.75, 3.05) is 74.5 Å². The monoisotopic (exact) mass is 928 g/mol. The number of likely N-dealkylation sites (tertiary alicyclic amines) is 2. The van der Waals surface area contributed by atoms with Crippen molar-refractivity contribution < 1.29 is 23.2 Å². The topological polar surface area (TPSA) is 157 Å². The van der Waals surface area contributed by atoms with Crippen LogP contribution in [0, 0.1) is 23.7 Å². The number of imide groups is 1. The Kier molecular flexibility index (Phi) is 11.5. The summed E-state index contributed by atoms with van der Waals surface area (Å²) in [5.41, 5.74) is 6.88. The second-order valence-electron chi connectivity index (χ2n) is 19.6. The SMILES string of the molecule is CNc1cc(N2CCc3c(C#CCN4CCC(N5CCC(C6CCN(c7ccc8c(c7)n(C)c(=O)n8C7CCC(=O)NC7=O)CC6)CC5)C(F)(F)C4)cccc32)nn2c(C(=O)NC3CC3)cnc12. The van der Waals surface area contributed by atoms with Gasteiger partial charge in [-0.3, -0.25) is 38.6 Å². The van der Waals surface area contributed by atoms with Crippen LogP contribution in [0.25, 0.3) is 16.7 Å². The van der Waals surface area contributed by atoms with Crippen LogP contribution in [0.2, 0.25) is 0 Å². The van der Waals surface area contributed by atoms with Gasteiger partial charge in [-0.25, -0.2) is 23.1 Å². The van der Waals surface area contributed by atoms with E-state index >= 15 is 8.78 Å². The molecule has 0 bridgehead atoms. The second kappa shape index (κ2) is 17.6. The number of carbonyl (C=O) groups excluding carboxylic acids is 3. The van der Waals surface area contributed by atoms with Gasteiger partial charge in [0.1, 0.15) is 6.04 Å². The number of imidazole rings is 2. The Morgan fingerprint density at radius 3 is 2.41 bits per heavy atom. The third-order valence-electron chi connectivity index (χ3n) is 15.5. The Bertz CT molecular complexity index is 2930. The molecule has 68 heavy (non-hydrogen) atoms. The Hall–Kier alpha value is -6.32. The predicted molar refractivity (Wildman–Crippen MR) is 255 cm³/mol. The molecular weight excluding hydrogens is 871 g/mol. The number of benzene rings is 2. The zero-order chi connectivity index (χ0) is 46.8. The normalized spacial score (nSPS) is 22.9.